The van der Waals surface area contributed by atoms with Gasteiger partial charge in [-0.15, -0.1) is 0 Å². The van der Waals surface area contributed by atoms with Crippen molar-refractivity contribution < 1.29 is 4.74 Å². The van der Waals surface area contributed by atoms with E-state index in [-0.39, 0.29) is 0 Å². The maximum Gasteiger partial charge on any atom is 0.184 e. The molecule has 2 aromatic heterocycles. The maximum absolute atomic E-state index is 5.11. The molecule has 0 saturated carbocycles. The number of nitrogens with one attached hydrogen (secondary N) is 2. The van der Waals surface area contributed by atoms with E-state index in [1.807, 2.05) is 7.05 Å². The third kappa shape index (κ3) is 2.52. The van der Waals surface area contributed by atoms with Crippen LogP contribution in [0.2, 0.25) is 0 Å². The van der Waals surface area contributed by atoms with Crippen molar-refractivity contribution in [3.05, 3.63) is 15.5 Å². The average molecular weight is 346 g/mol. The van der Waals surface area contributed by atoms with Gasteiger partial charge in [0.05, 0.1) is 22.1 Å². The molecule has 0 amide bonds. The van der Waals surface area contributed by atoms with E-state index in [0.717, 1.165) is 15.1 Å². The van der Waals surface area contributed by atoms with Crippen molar-refractivity contribution in [3.63, 3.8) is 0 Å². The van der Waals surface area contributed by atoms with Crippen LogP contribution in [0.15, 0.2) is 6.20 Å². The summed E-state index contributed by atoms with van der Waals surface area (Å²) in [4.78, 5) is 8.78. The summed E-state index contributed by atoms with van der Waals surface area (Å²) in [6, 6.07) is 0. The van der Waals surface area contributed by atoms with E-state index in [9.17, 15) is 0 Å². The lowest BCUT2D eigenvalue weighted by molar-refractivity contribution is 0.181. The van der Waals surface area contributed by atoms with Gasteiger partial charge in [-0.25, -0.2) is 9.97 Å². The van der Waals surface area contributed by atoms with Gasteiger partial charge in [0.1, 0.15) is 11.5 Å². The van der Waals surface area contributed by atoms with Crippen LogP contribution in [0, 0.1) is 3.57 Å². The maximum atomic E-state index is 5.11. The van der Waals surface area contributed by atoms with Crippen LogP contribution in [-0.2, 0) is 11.3 Å². The van der Waals surface area contributed by atoms with Gasteiger partial charge in [0.2, 0.25) is 0 Å². The fourth-order valence-electron chi connectivity index (χ4n) is 1.32. The molecule has 0 unspecified atom stereocenters. The Bertz CT molecular complexity index is 500. The van der Waals surface area contributed by atoms with Crippen LogP contribution in [-0.4, -0.2) is 39.5 Å². The molecule has 90 valence electrons. The van der Waals surface area contributed by atoms with Crippen molar-refractivity contribution >= 4 is 28.4 Å². The number of ether oxygens (including phenoxy) is 1. The number of aromatic nitrogens is 5. The molecule has 0 bridgehead atoms. The van der Waals surface area contributed by atoms with Crippen molar-refractivity contribution in [2.24, 2.45) is 0 Å². The second-order valence-electron chi connectivity index (χ2n) is 3.19. The van der Waals surface area contributed by atoms with Gasteiger partial charge in [-0.3, -0.25) is 0 Å². The molecular weight excluding hydrogens is 335 g/mol. The Morgan fingerprint density at radius 1 is 1.47 bits per heavy atom. The summed E-state index contributed by atoms with van der Waals surface area (Å²) in [7, 11) is 3.45. The summed E-state index contributed by atoms with van der Waals surface area (Å²) in [6.07, 6.45) is 1.58. The van der Waals surface area contributed by atoms with Crippen LogP contribution in [0.5, 0.6) is 0 Å². The molecule has 17 heavy (non-hydrogen) atoms. The highest BCUT2D eigenvalue weighted by Gasteiger charge is 2.13. The van der Waals surface area contributed by atoms with Crippen LogP contribution in [0.1, 0.15) is 5.69 Å². The van der Waals surface area contributed by atoms with Gasteiger partial charge in [-0.05, 0) is 22.6 Å². The highest BCUT2D eigenvalue weighted by molar-refractivity contribution is 14.1. The highest BCUT2D eigenvalue weighted by atomic mass is 127. The summed E-state index contributed by atoms with van der Waals surface area (Å²) >= 11 is 2.19. The van der Waals surface area contributed by atoms with Crippen molar-refractivity contribution in [1.82, 2.24) is 25.4 Å². The van der Waals surface area contributed by atoms with E-state index in [1.165, 1.54) is 0 Å². The van der Waals surface area contributed by atoms with Crippen LogP contribution in [0.25, 0.3) is 11.5 Å². The van der Waals surface area contributed by atoms with Crippen LogP contribution < -0.4 is 5.32 Å². The van der Waals surface area contributed by atoms with Gasteiger partial charge in [-0.1, -0.05) is 0 Å². The van der Waals surface area contributed by atoms with Gasteiger partial charge in [0, 0.05) is 14.2 Å². The van der Waals surface area contributed by atoms with Crippen molar-refractivity contribution in [3.8, 4) is 11.5 Å². The van der Waals surface area contributed by atoms with E-state index in [1.54, 1.807) is 13.3 Å². The molecule has 0 fully saturated rings. The van der Waals surface area contributed by atoms with E-state index < -0.39 is 0 Å². The molecule has 0 aliphatic rings. The molecule has 0 saturated heterocycles. The van der Waals surface area contributed by atoms with Gasteiger partial charge in [-0.2, -0.15) is 15.4 Å². The first-order valence-electron chi connectivity index (χ1n) is 4.85. The first kappa shape index (κ1) is 12.2. The zero-order chi connectivity index (χ0) is 12.3. The minimum Gasteiger partial charge on any atom is -0.378 e. The number of halogens is 1. The lowest BCUT2D eigenvalue weighted by Crippen LogP contribution is -2.06. The molecule has 0 aliphatic heterocycles. The second-order valence-corrected chi connectivity index (χ2v) is 4.27. The summed E-state index contributed by atoms with van der Waals surface area (Å²) in [6.45, 7) is 0.431. The molecule has 7 nitrogen and oxygen atoms in total. The number of anilines is 1. The lowest BCUT2D eigenvalue weighted by Gasteiger charge is -2.09. The fourth-order valence-corrected chi connectivity index (χ4v) is 1.98. The zero-order valence-electron chi connectivity index (χ0n) is 9.36. The Labute approximate surface area is 112 Å². The Kier molecular flexibility index (Phi) is 3.84. The summed E-state index contributed by atoms with van der Waals surface area (Å²) in [5.74, 6) is 1.28. The van der Waals surface area contributed by atoms with Crippen molar-refractivity contribution in [2.75, 3.05) is 19.5 Å². The van der Waals surface area contributed by atoms with Gasteiger partial charge in [0.25, 0.3) is 0 Å². The Hall–Kier alpha value is -1.29. The Balaban J connectivity index is 2.50. The van der Waals surface area contributed by atoms with E-state index in [0.29, 0.717) is 18.1 Å². The molecule has 0 atom stereocenters. The Morgan fingerprint density at radius 2 is 2.29 bits per heavy atom. The van der Waals surface area contributed by atoms with Crippen LogP contribution >= 0.6 is 22.6 Å². The SMILES string of the molecule is CNc1nc(-c2cn[nH]n2)nc(COC)c1I. The molecule has 0 aromatic carbocycles. The van der Waals surface area contributed by atoms with E-state index in [2.05, 4.69) is 53.3 Å². The number of H-pyrrole nitrogens is 1. The molecule has 2 rings (SSSR count). The van der Waals surface area contributed by atoms with E-state index in [4.69, 9.17) is 4.74 Å². The third-order valence-electron chi connectivity index (χ3n) is 2.08. The van der Waals surface area contributed by atoms with E-state index >= 15 is 0 Å². The summed E-state index contributed by atoms with van der Waals surface area (Å²) in [5, 5.41) is 13.3. The number of methoxy groups -OCH3 is 1. The Morgan fingerprint density at radius 3 is 2.88 bits per heavy atom. The van der Waals surface area contributed by atoms with Gasteiger partial charge >= 0.3 is 0 Å². The molecule has 0 spiro atoms. The largest absolute Gasteiger partial charge is 0.378 e. The molecule has 0 radical (unpaired) electrons. The van der Waals surface area contributed by atoms with Crippen molar-refractivity contribution in [1.29, 1.82) is 0 Å². The smallest absolute Gasteiger partial charge is 0.184 e. The zero-order valence-corrected chi connectivity index (χ0v) is 11.5. The molecule has 0 aliphatic carbocycles. The third-order valence-corrected chi connectivity index (χ3v) is 3.22. The number of rotatable bonds is 4. The number of aromatic amines is 1. The lowest BCUT2D eigenvalue weighted by atomic mass is 10.3. The fraction of sp³-hybridized carbons (Fsp3) is 0.333. The predicted molar refractivity (Wildman–Crippen MR) is 70.4 cm³/mol. The molecule has 2 heterocycles. The monoisotopic (exact) mass is 346 g/mol. The van der Waals surface area contributed by atoms with Crippen LogP contribution in [0.4, 0.5) is 5.82 Å². The first-order valence-corrected chi connectivity index (χ1v) is 5.93. The standard InChI is InChI=1S/C9H11IN6O/c1-11-9-7(10)6(4-17-2)13-8(14-9)5-3-12-16-15-5/h3H,4H2,1-2H3,(H,11,13,14)(H,12,15,16). The predicted octanol–water partition coefficient (Wildman–Crippen LogP) is 1.05. The quantitative estimate of drug-likeness (QED) is 0.805. The minimum absolute atomic E-state index is 0.431. The molecule has 2 N–H and O–H groups in total. The second kappa shape index (κ2) is 5.36. The minimum atomic E-state index is 0.431. The number of hydrogen-bond acceptors (Lipinski definition) is 6. The molecular formula is C9H11IN6O. The number of nitrogens with zero attached hydrogens (tertiary/aromatic N) is 4. The van der Waals surface area contributed by atoms with Gasteiger partial charge < -0.3 is 10.1 Å². The summed E-state index contributed by atoms with van der Waals surface area (Å²) in [5.41, 5.74) is 1.43. The first-order chi connectivity index (χ1) is 8.26. The average Bonchev–Trinajstić information content (AvgIpc) is 2.85. The molecule has 8 heteroatoms. The number of hydrogen-bond donors (Lipinski definition) is 2. The van der Waals surface area contributed by atoms with Gasteiger partial charge in [0.15, 0.2) is 5.82 Å². The van der Waals surface area contributed by atoms with Crippen LogP contribution in [0.3, 0.4) is 0 Å². The topological polar surface area (TPSA) is 88.6 Å². The molecule has 2 aromatic rings. The summed E-state index contributed by atoms with van der Waals surface area (Å²) < 4.78 is 6.06. The normalized spacial score (nSPS) is 10.5. The highest BCUT2D eigenvalue weighted by Crippen LogP contribution is 2.22. The van der Waals surface area contributed by atoms with Crippen molar-refractivity contribution in [2.45, 2.75) is 6.61 Å².